The van der Waals surface area contributed by atoms with Crippen molar-refractivity contribution < 1.29 is 19.7 Å². The number of aliphatic hydroxyl groups excluding tert-OH is 2. The van der Waals surface area contributed by atoms with Gasteiger partial charge >= 0.3 is 0 Å². The Kier molecular flexibility index (Phi) is 5.34. The van der Waals surface area contributed by atoms with Crippen LogP contribution >= 0.6 is 11.6 Å². The average molecular weight is 262 g/mol. The molecule has 1 rings (SSSR count). The second-order valence-electron chi connectivity index (χ2n) is 3.40. The second kappa shape index (κ2) is 6.54. The maximum absolute atomic E-state index is 9.25. The number of methoxy groups -OCH3 is 2. The Morgan fingerprint density at radius 2 is 1.94 bits per heavy atom. The van der Waals surface area contributed by atoms with Crippen molar-refractivity contribution in [1.29, 1.82) is 0 Å². The zero-order valence-electron chi connectivity index (χ0n) is 9.74. The monoisotopic (exact) mass is 261 g/mol. The molecule has 0 aliphatic carbocycles. The summed E-state index contributed by atoms with van der Waals surface area (Å²) in [4.78, 5) is 0. The summed E-state index contributed by atoms with van der Waals surface area (Å²) in [5.74, 6) is 1.05. The number of hydrogen-bond acceptors (Lipinski definition) is 5. The highest BCUT2D eigenvalue weighted by Crippen LogP contribution is 2.35. The molecule has 0 spiro atoms. The lowest BCUT2D eigenvalue weighted by Crippen LogP contribution is -2.23. The molecule has 0 saturated heterocycles. The van der Waals surface area contributed by atoms with Gasteiger partial charge < -0.3 is 25.0 Å². The third kappa shape index (κ3) is 3.66. The number of hydrogen-bond donors (Lipinski definition) is 3. The van der Waals surface area contributed by atoms with Crippen LogP contribution < -0.4 is 14.8 Å². The lowest BCUT2D eigenvalue weighted by atomic mass is 10.2. The first-order chi connectivity index (χ1) is 8.12. The van der Waals surface area contributed by atoms with E-state index >= 15 is 0 Å². The molecule has 0 radical (unpaired) electrons. The van der Waals surface area contributed by atoms with Gasteiger partial charge in [0.1, 0.15) is 11.5 Å². The number of aliphatic hydroxyl groups is 2. The van der Waals surface area contributed by atoms with Crippen molar-refractivity contribution in [3.05, 3.63) is 17.2 Å². The highest BCUT2D eigenvalue weighted by molar-refractivity contribution is 6.32. The third-order valence-corrected chi connectivity index (χ3v) is 2.51. The van der Waals surface area contributed by atoms with Gasteiger partial charge in [0.2, 0.25) is 0 Å². The van der Waals surface area contributed by atoms with Crippen LogP contribution in [0.1, 0.15) is 0 Å². The SMILES string of the molecule is COc1cc(NCC(O)CO)c(OC)cc1Cl. The van der Waals surface area contributed by atoms with Crippen LogP contribution in [0, 0.1) is 0 Å². The van der Waals surface area contributed by atoms with Crippen LogP contribution in [0.15, 0.2) is 12.1 Å². The van der Waals surface area contributed by atoms with Gasteiger partial charge in [-0.25, -0.2) is 0 Å². The summed E-state index contributed by atoms with van der Waals surface area (Å²) in [6.45, 7) is -0.0995. The van der Waals surface area contributed by atoms with Crippen molar-refractivity contribution in [3.63, 3.8) is 0 Å². The Morgan fingerprint density at radius 1 is 1.29 bits per heavy atom. The van der Waals surface area contributed by atoms with Crippen molar-refractivity contribution in [2.45, 2.75) is 6.10 Å². The van der Waals surface area contributed by atoms with E-state index < -0.39 is 6.10 Å². The maximum Gasteiger partial charge on any atom is 0.143 e. The lowest BCUT2D eigenvalue weighted by Gasteiger charge is -2.15. The first kappa shape index (κ1) is 13.9. The van der Waals surface area contributed by atoms with Crippen molar-refractivity contribution in [2.24, 2.45) is 0 Å². The summed E-state index contributed by atoms with van der Waals surface area (Å²) in [5.41, 5.74) is 0.640. The molecule has 1 aromatic carbocycles. The summed E-state index contributed by atoms with van der Waals surface area (Å²) in [5, 5.41) is 21.4. The predicted molar refractivity (Wildman–Crippen MR) is 66.1 cm³/mol. The fraction of sp³-hybridized carbons (Fsp3) is 0.455. The zero-order valence-corrected chi connectivity index (χ0v) is 10.5. The van der Waals surface area contributed by atoms with Crippen LogP contribution in [0.5, 0.6) is 11.5 Å². The van der Waals surface area contributed by atoms with E-state index in [0.717, 1.165) is 0 Å². The molecular formula is C11H16ClNO4. The molecule has 1 atom stereocenters. The Hall–Kier alpha value is -1.17. The highest BCUT2D eigenvalue weighted by atomic mass is 35.5. The molecule has 0 fully saturated rings. The van der Waals surface area contributed by atoms with E-state index in [1.54, 1.807) is 12.1 Å². The molecule has 1 aromatic rings. The smallest absolute Gasteiger partial charge is 0.143 e. The number of halogens is 1. The molecule has 6 heteroatoms. The van der Waals surface area contributed by atoms with Crippen molar-refractivity contribution in [3.8, 4) is 11.5 Å². The zero-order chi connectivity index (χ0) is 12.8. The number of benzene rings is 1. The molecular weight excluding hydrogens is 246 g/mol. The number of rotatable bonds is 6. The summed E-state index contributed by atoms with van der Waals surface area (Å²) in [6, 6.07) is 3.29. The average Bonchev–Trinajstić information content (AvgIpc) is 2.36. The Morgan fingerprint density at radius 3 is 2.47 bits per heavy atom. The standard InChI is InChI=1S/C11H16ClNO4/c1-16-10-4-9(13-5-7(15)6-14)11(17-2)3-8(10)12/h3-4,7,13-15H,5-6H2,1-2H3. The molecule has 0 amide bonds. The van der Waals surface area contributed by atoms with Gasteiger partial charge in [-0.05, 0) is 0 Å². The molecule has 0 aliphatic rings. The normalized spacial score (nSPS) is 12.1. The van der Waals surface area contributed by atoms with Gasteiger partial charge in [-0.2, -0.15) is 0 Å². The van der Waals surface area contributed by atoms with Crippen LogP contribution in [0.2, 0.25) is 5.02 Å². The van der Waals surface area contributed by atoms with E-state index in [2.05, 4.69) is 5.32 Å². The predicted octanol–water partition coefficient (Wildman–Crippen LogP) is 1.12. The summed E-state index contributed by atoms with van der Waals surface area (Å²) < 4.78 is 10.2. The Labute approximate surface area is 105 Å². The van der Waals surface area contributed by atoms with E-state index in [1.165, 1.54) is 14.2 Å². The number of anilines is 1. The molecule has 0 heterocycles. The number of nitrogens with one attached hydrogen (secondary N) is 1. The van der Waals surface area contributed by atoms with Gasteiger partial charge in [0, 0.05) is 18.7 Å². The summed E-state index contributed by atoms with van der Waals surface area (Å²) in [7, 11) is 3.03. The van der Waals surface area contributed by atoms with Crippen molar-refractivity contribution in [1.82, 2.24) is 0 Å². The van der Waals surface area contributed by atoms with E-state index in [0.29, 0.717) is 22.2 Å². The highest BCUT2D eigenvalue weighted by Gasteiger charge is 2.10. The molecule has 5 nitrogen and oxygen atoms in total. The van der Waals surface area contributed by atoms with E-state index in [-0.39, 0.29) is 13.2 Å². The van der Waals surface area contributed by atoms with Gasteiger partial charge in [0.05, 0.1) is 37.6 Å². The van der Waals surface area contributed by atoms with Gasteiger partial charge in [0.25, 0.3) is 0 Å². The van der Waals surface area contributed by atoms with Crippen LogP contribution in [0.4, 0.5) is 5.69 Å². The molecule has 0 aliphatic heterocycles. The maximum atomic E-state index is 9.25. The topological polar surface area (TPSA) is 71.0 Å². The number of ether oxygens (including phenoxy) is 2. The van der Waals surface area contributed by atoms with Crippen molar-refractivity contribution in [2.75, 3.05) is 32.7 Å². The fourth-order valence-electron chi connectivity index (χ4n) is 1.29. The summed E-state index contributed by atoms with van der Waals surface area (Å²) >= 11 is 5.95. The van der Waals surface area contributed by atoms with Crippen molar-refractivity contribution >= 4 is 17.3 Å². The minimum Gasteiger partial charge on any atom is -0.495 e. The van der Waals surface area contributed by atoms with Crippen LogP contribution in [0.25, 0.3) is 0 Å². The first-order valence-corrected chi connectivity index (χ1v) is 5.44. The third-order valence-electron chi connectivity index (χ3n) is 2.21. The van der Waals surface area contributed by atoms with Gasteiger partial charge in [-0.1, -0.05) is 11.6 Å². The van der Waals surface area contributed by atoms with Gasteiger partial charge in [-0.3, -0.25) is 0 Å². The minimum atomic E-state index is -0.832. The van der Waals surface area contributed by atoms with Crippen LogP contribution in [-0.4, -0.2) is 43.7 Å². The fourth-order valence-corrected chi connectivity index (χ4v) is 1.52. The quantitative estimate of drug-likeness (QED) is 0.716. The molecule has 3 N–H and O–H groups in total. The summed E-state index contributed by atoms with van der Waals surface area (Å²) in [6.07, 6.45) is -0.832. The molecule has 17 heavy (non-hydrogen) atoms. The Bertz CT molecular complexity index is 373. The van der Waals surface area contributed by atoms with E-state index in [1.807, 2.05) is 0 Å². The van der Waals surface area contributed by atoms with Gasteiger partial charge in [-0.15, -0.1) is 0 Å². The molecule has 0 bridgehead atoms. The molecule has 1 unspecified atom stereocenters. The second-order valence-corrected chi connectivity index (χ2v) is 3.81. The molecule has 96 valence electrons. The van der Waals surface area contributed by atoms with E-state index in [9.17, 15) is 5.11 Å². The van der Waals surface area contributed by atoms with Crippen LogP contribution in [0.3, 0.4) is 0 Å². The molecule has 0 saturated carbocycles. The first-order valence-electron chi connectivity index (χ1n) is 5.06. The van der Waals surface area contributed by atoms with Gasteiger partial charge in [0.15, 0.2) is 0 Å². The molecule has 0 aromatic heterocycles. The largest absolute Gasteiger partial charge is 0.495 e. The minimum absolute atomic E-state index is 0.206. The van der Waals surface area contributed by atoms with Crippen LogP contribution in [-0.2, 0) is 0 Å². The lowest BCUT2D eigenvalue weighted by molar-refractivity contribution is 0.105. The van der Waals surface area contributed by atoms with E-state index in [4.69, 9.17) is 26.2 Å². The Balaban J connectivity index is 2.88.